The molecule has 3 aromatic rings. The minimum Gasteiger partial charge on any atom is -0.486 e. The van der Waals surface area contributed by atoms with Crippen molar-refractivity contribution < 1.29 is 28.6 Å². The van der Waals surface area contributed by atoms with Crippen molar-refractivity contribution >= 4 is 11.9 Å². The molecule has 0 saturated heterocycles. The number of amides is 1. The Balaban J connectivity index is 1.44. The summed E-state index contributed by atoms with van der Waals surface area (Å²) in [6, 6.07) is 20.3. The van der Waals surface area contributed by atoms with Gasteiger partial charge in [0, 0.05) is 18.5 Å². The number of carbonyl (C=O) groups is 2. The molecule has 0 aromatic heterocycles. The van der Waals surface area contributed by atoms with Crippen molar-refractivity contribution in [1.82, 2.24) is 4.90 Å². The number of hydrogen-bond donors (Lipinski definition) is 1. The van der Waals surface area contributed by atoms with Crippen LogP contribution in [0.2, 0.25) is 0 Å². The molecular formula is C30H30FNO5. The van der Waals surface area contributed by atoms with Crippen LogP contribution in [0.4, 0.5) is 4.39 Å². The summed E-state index contributed by atoms with van der Waals surface area (Å²) >= 11 is 0. The van der Waals surface area contributed by atoms with E-state index < -0.39 is 29.8 Å². The topological polar surface area (TPSA) is 76.1 Å². The fraction of sp³-hybridized carbons (Fsp3) is 0.333. The molecule has 3 aromatic carbocycles. The maximum atomic E-state index is 14.9. The summed E-state index contributed by atoms with van der Waals surface area (Å²) in [5, 5.41) is 10.1. The fourth-order valence-electron chi connectivity index (χ4n) is 5.22. The van der Waals surface area contributed by atoms with Gasteiger partial charge in [0.15, 0.2) is 17.7 Å². The molecule has 2 atom stereocenters. The Labute approximate surface area is 215 Å². The number of benzene rings is 3. The molecule has 0 radical (unpaired) electrons. The minimum atomic E-state index is -1.17. The second kappa shape index (κ2) is 11.1. The molecule has 37 heavy (non-hydrogen) atoms. The quantitative estimate of drug-likeness (QED) is 0.443. The summed E-state index contributed by atoms with van der Waals surface area (Å²) < 4.78 is 27.0. The second-order valence-corrected chi connectivity index (χ2v) is 9.65. The van der Waals surface area contributed by atoms with Crippen LogP contribution in [0.25, 0.3) is 0 Å². The second-order valence-electron chi connectivity index (χ2n) is 9.65. The molecule has 5 rings (SSSR count). The summed E-state index contributed by atoms with van der Waals surface area (Å²) in [5.41, 5.74) is 2.72. The summed E-state index contributed by atoms with van der Waals surface area (Å²) in [6.07, 6.45) is 2.86. The first-order valence-electron chi connectivity index (χ1n) is 12.7. The number of carboxylic acids is 1. The number of halogens is 1. The van der Waals surface area contributed by atoms with Crippen LogP contribution in [0, 0.1) is 5.82 Å². The average molecular weight is 504 g/mol. The van der Waals surface area contributed by atoms with Gasteiger partial charge >= 0.3 is 5.97 Å². The van der Waals surface area contributed by atoms with Crippen molar-refractivity contribution in [3.05, 3.63) is 101 Å². The van der Waals surface area contributed by atoms with Gasteiger partial charge in [0.2, 0.25) is 0 Å². The van der Waals surface area contributed by atoms with Crippen LogP contribution in [-0.4, -0.2) is 34.0 Å². The van der Waals surface area contributed by atoms with E-state index in [9.17, 15) is 19.1 Å². The van der Waals surface area contributed by atoms with Crippen LogP contribution < -0.4 is 4.74 Å². The first-order valence-corrected chi connectivity index (χ1v) is 12.7. The smallest absolute Gasteiger partial charge is 0.326 e. The third-order valence-electron chi connectivity index (χ3n) is 7.18. The van der Waals surface area contributed by atoms with Gasteiger partial charge < -0.3 is 19.5 Å². The van der Waals surface area contributed by atoms with E-state index in [0.29, 0.717) is 16.7 Å². The molecule has 7 heteroatoms. The van der Waals surface area contributed by atoms with Gasteiger partial charge in [0.25, 0.3) is 5.91 Å². The minimum absolute atomic E-state index is 0.0322. The van der Waals surface area contributed by atoms with Crippen LogP contribution in [0.5, 0.6) is 5.75 Å². The van der Waals surface area contributed by atoms with Crippen LogP contribution >= 0.6 is 0 Å². The highest BCUT2D eigenvalue weighted by molar-refractivity contribution is 5.88. The molecular weight excluding hydrogens is 473 g/mol. The number of carbonyl (C=O) groups excluding carboxylic acids is 1. The van der Waals surface area contributed by atoms with Crippen molar-refractivity contribution in [2.45, 2.75) is 63.5 Å². The lowest BCUT2D eigenvalue weighted by atomic mass is 9.91. The molecule has 2 aliphatic rings. The summed E-state index contributed by atoms with van der Waals surface area (Å²) in [6.45, 7) is 0.185. The first-order chi connectivity index (χ1) is 18.0. The third kappa shape index (κ3) is 5.52. The van der Waals surface area contributed by atoms with Gasteiger partial charge in [0.05, 0.1) is 6.10 Å². The SMILES string of the molecule is O=C(O)C1Cc2c(ccc(F)c2OCc2ccccc2)CN1C(=O)C(OC1CCCC1)c1ccccc1. The van der Waals surface area contributed by atoms with Crippen molar-refractivity contribution in [2.24, 2.45) is 0 Å². The Hall–Kier alpha value is -3.71. The van der Waals surface area contributed by atoms with Gasteiger partial charge in [0.1, 0.15) is 12.6 Å². The van der Waals surface area contributed by atoms with Gasteiger partial charge in [-0.05, 0) is 35.6 Å². The number of rotatable bonds is 8. The lowest BCUT2D eigenvalue weighted by molar-refractivity contribution is -0.160. The molecule has 1 aliphatic carbocycles. The molecule has 1 amide bonds. The highest BCUT2D eigenvalue weighted by Gasteiger charge is 2.40. The zero-order valence-electron chi connectivity index (χ0n) is 20.5. The molecule has 0 spiro atoms. The van der Waals surface area contributed by atoms with E-state index in [1.807, 2.05) is 60.7 Å². The summed E-state index contributed by atoms with van der Waals surface area (Å²) in [7, 11) is 0. The highest BCUT2D eigenvalue weighted by Crippen LogP contribution is 2.36. The van der Waals surface area contributed by atoms with Gasteiger partial charge in [-0.15, -0.1) is 0 Å². The Bertz CT molecular complexity index is 1240. The molecule has 1 saturated carbocycles. The molecule has 1 N–H and O–H groups in total. The van der Waals surface area contributed by atoms with Crippen molar-refractivity contribution in [3.63, 3.8) is 0 Å². The number of carboxylic acid groups (broad SMARTS) is 1. The molecule has 1 heterocycles. The predicted octanol–water partition coefficient (Wildman–Crippen LogP) is 5.44. The van der Waals surface area contributed by atoms with E-state index in [4.69, 9.17) is 9.47 Å². The summed E-state index contributed by atoms with van der Waals surface area (Å²) in [5.74, 6) is -2.05. The van der Waals surface area contributed by atoms with Crippen LogP contribution in [-0.2, 0) is 33.9 Å². The van der Waals surface area contributed by atoms with Crippen LogP contribution in [0.1, 0.15) is 54.0 Å². The first kappa shape index (κ1) is 25.0. The lowest BCUT2D eigenvalue weighted by Gasteiger charge is -2.37. The maximum absolute atomic E-state index is 14.9. The lowest BCUT2D eigenvalue weighted by Crippen LogP contribution is -2.50. The monoisotopic (exact) mass is 503 g/mol. The van der Waals surface area contributed by atoms with E-state index in [-0.39, 0.29) is 31.4 Å². The van der Waals surface area contributed by atoms with E-state index in [1.54, 1.807) is 6.07 Å². The van der Waals surface area contributed by atoms with Crippen molar-refractivity contribution in [2.75, 3.05) is 0 Å². The highest BCUT2D eigenvalue weighted by atomic mass is 19.1. The normalized spacial score (nSPS) is 18.3. The Morgan fingerprint density at radius 3 is 2.32 bits per heavy atom. The molecule has 2 unspecified atom stereocenters. The Morgan fingerprint density at radius 1 is 0.973 bits per heavy atom. The molecule has 1 fully saturated rings. The van der Waals surface area contributed by atoms with E-state index >= 15 is 0 Å². The van der Waals surface area contributed by atoms with E-state index in [1.165, 1.54) is 11.0 Å². The number of ether oxygens (including phenoxy) is 2. The molecule has 0 bridgehead atoms. The zero-order chi connectivity index (χ0) is 25.8. The van der Waals surface area contributed by atoms with Gasteiger partial charge in [-0.1, -0.05) is 79.6 Å². The predicted molar refractivity (Wildman–Crippen MR) is 135 cm³/mol. The van der Waals surface area contributed by atoms with Crippen LogP contribution in [0.15, 0.2) is 72.8 Å². The third-order valence-corrected chi connectivity index (χ3v) is 7.18. The van der Waals surface area contributed by atoms with E-state index in [0.717, 1.165) is 31.2 Å². The molecule has 6 nitrogen and oxygen atoms in total. The Morgan fingerprint density at radius 2 is 1.65 bits per heavy atom. The number of nitrogens with zero attached hydrogens (tertiary/aromatic N) is 1. The van der Waals surface area contributed by atoms with Crippen molar-refractivity contribution in [1.29, 1.82) is 0 Å². The standard InChI is InChI=1S/C30H30FNO5/c31-25-16-15-22-18-32(29(33)27(21-11-5-2-6-12-21)37-23-13-7-8-14-23)26(30(34)35)17-24(22)28(25)36-19-20-9-3-1-4-10-20/h1-6,9-12,15-16,23,26-27H,7-8,13-14,17-19H2,(H,34,35). The number of hydrogen-bond acceptors (Lipinski definition) is 4. The number of fused-ring (bicyclic) bond motifs is 1. The Kier molecular flexibility index (Phi) is 7.51. The van der Waals surface area contributed by atoms with E-state index in [2.05, 4.69) is 0 Å². The van der Waals surface area contributed by atoms with Gasteiger partial charge in [-0.3, -0.25) is 4.79 Å². The maximum Gasteiger partial charge on any atom is 0.326 e. The number of aliphatic carboxylic acids is 1. The largest absolute Gasteiger partial charge is 0.486 e. The van der Waals surface area contributed by atoms with Crippen LogP contribution in [0.3, 0.4) is 0 Å². The summed E-state index contributed by atoms with van der Waals surface area (Å²) in [4.78, 5) is 27.7. The van der Waals surface area contributed by atoms with Gasteiger partial charge in [-0.2, -0.15) is 0 Å². The zero-order valence-corrected chi connectivity index (χ0v) is 20.5. The fourth-order valence-corrected chi connectivity index (χ4v) is 5.22. The average Bonchev–Trinajstić information content (AvgIpc) is 3.44. The van der Waals surface area contributed by atoms with Crippen molar-refractivity contribution in [3.8, 4) is 5.75 Å². The molecule has 1 aliphatic heterocycles. The molecule has 192 valence electrons. The van der Waals surface area contributed by atoms with Gasteiger partial charge in [-0.25, -0.2) is 9.18 Å².